The number of hydrogen-bond donors (Lipinski definition) is 4. The van der Waals surface area contributed by atoms with E-state index in [0.29, 0.717) is 22.8 Å². The summed E-state index contributed by atoms with van der Waals surface area (Å²) >= 11 is 7.72. The van der Waals surface area contributed by atoms with E-state index < -0.39 is 28.8 Å². The van der Waals surface area contributed by atoms with Crippen LogP contribution in [0.1, 0.15) is 34.4 Å². The fourth-order valence-electron chi connectivity index (χ4n) is 3.62. The number of ether oxygens (including phenoxy) is 1. The van der Waals surface area contributed by atoms with Crippen LogP contribution in [0, 0.1) is 0 Å². The highest BCUT2D eigenvalue weighted by atomic mass is 35.5. The first kappa shape index (κ1) is 22.4. The molecule has 1 fully saturated rings. The lowest BCUT2D eigenvalue weighted by Crippen LogP contribution is -2.51. The highest BCUT2D eigenvalue weighted by Crippen LogP contribution is 2.47. The Morgan fingerprint density at radius 2 is 1.66 bits per heavy atom. The number of halogens is 1. The first-order valence-electron chi connectivity index (χ1n) is 9.64. The summed E-state index contributed by atoms with van der Waals surface area (Å²) in [5, 5.41) is 39.9. The topological polar surface area (TPSA) is 90.2 Å². The van der Waals surface area contributed by atoms with Crippen molar-refractivity contribution >= 4 is 23.4 Å². The second-order valence-corrected chi connectivity index (χ2v) is 9.07. The molecule has 0 aliphatic carbocycles. The first-order chi connectivity index (χ1) is 13.9. The van der Waals surface area contributed by atoms with Gasteiger partial charge in [0.15, 0.2) is 0 Å². The molecule has 4 N–H and O–H groups in total. The highest BCUT2D eigenvalue weighted by molar-refractivity contribution is 8.00. The number of thioether (sulfide) groups is 1. The van der Waals surface area contributed by atoms with Crippen LogP contribution in [0.3, 0.4) is 0 Å². The lowest BCUT2D eigenvalue weighted by molar-refractivity contribution is -0.0701. The number of aliphatic hydroxyl groups is 4. The molecule has 0 amide bonds. The third-order valence-electron chi connectivity index (χ3n) is 5.42. The van der Waals surface area contributed by atoms with Gasteiger partial charge in [-0.3, -0.25) is 0 Å². The first-order valence-corrected chi connectivity index (χ1v) is 11.0. The number of hydrogen-bond acceptors (Lipinski definition) is 6. The maximum atomic E-state index is 10.6. The maximum absolute atomic E-state index is 10.6. The van der Waals surface area contributed by atoms with Crippen LogP contribution in [0.4, 0.5) is 0 Å². The van der Waals surface area contributed by atoms with Gasteiger partial charge in [-0.05, 0) is 41.7 Å². The van der Waals surface area contributed by atoms with Gasteiger partial charge in [-0.15, -0.1) is 11.8 Å². The molecule has 7 heteroatoms. The Bertz CT molecular complexity index is 827. The van der Waals surface area contributed by atoms with Crippen LogP contribution in [-0.4, -0.2) is 57.7 Å². The van der Waals surface area contributed by atoms with Gasteiger partial charge >= 0.3 is 0 Å². The molecule has 5 atom stereocenters. The molecule has 1 aliphatic heterocycles. The molecule has 0 saturated carbocycles. The van der Waals surface area contributed by atoms with Crippen molar-refractivity contribution in [2.75, 3.05) is 13.7 Å². The lowest BCUT2D eigenvalue weighted by atomic mass is 9.94. The number of rotatable bonds is 6. The second kappa shape index (κ2) is 9.69. The number of benzene rings is 2. The van der Waals surface area contributed by atoms with Crippen molar-refractivity contribution in [2.45, 2.75) is 48.6 Å². The predicted octanol–water partition coefficient (Wildman–Crippen LogP) is 2.73. The minimum atomic E-state index is -1.36. The van der Waals surface area contributed by atoms with E-state index in [4.69, 9.17) is 16.3 Å². The zero-order chi connectivity index (χ0) is 21.1. The minimum Gasteiger partial charge on any atom is -0.496 e. The van der Waals surface area contributed by atoms with Gasteiger partial charge in [0.05, 0.1) is 36.4 Å². The van der Waals surface area contributed by atoms with Crippen molar-refractivity contribution in [2.24, 2.45) is 0 Å². The monoisotopic (exact) mass is 438 g/mol. The molecule has 2 aromatic carbocycles. The molecule has 2 aromatic rings. The Balaban J connectivity index is 1.96. The molecule has 29 heavy (non-hydrogen) atoms. The summed E-state index contributed by atoms with van der Waals surface area (Å²) < 4.78 is 5.48. The van der Waals surface area contributed by atoms with E-state index in [1.165, 1.54) is 24.4 Å². The van der Waals surface area contributed by atoms with E-state index in [1.807, 2.05) is 6.07 Å². The third kappa shape index (κ3) is 4.74. The molecular formula is C22H27ClO5S. The summed E-state index contributed by atoms with van der Waals surface area (Å²) in [7, 11) is 1.52. The Labute approximate surface area is 180 Å². The molecule has 0 spiro atoms. The van der Waals surface area contributed by atoms with Crippen molar-refractivity contribution in [3.05, 3.63) is 63.7 Å². The molecular weight excluding hydrogens is 412 g/mol. The standard InChI is InChI=1S/C22H27ClO5S/c1-3-12-4-6-13(7-5-12)8-14-9-15(17(28-2)10-16(14)23)22-21(27)20(26)19(25)18(11-24)29-22/h4-7,9-10,18-22,24-27H,3,8,11H2,1-2H3/t18-,19-,20+,21-,22+/m1/s1. The summed E-state index contributed by atoms with van der Waals surface area (Å²) in [6.07, 6.45) is -2.17. The Morgan fingerprint density at radius 3 is 2.24 bits per heavy atom. The molecule has 1 aliphatic rings. The van der Waals surface area contributed by atoms with Gasteiger partial charge in [-0.1, -0.05) is 42.8 Å². The lowest BCUT2D eigenvalue weighted by Gasteiger charge is -2.40. The van der Waals surface area contributed by atoms with E-state index in [9.17, 15) is 20.4 Å². The summed E-state index contributed by atoms with van der Waals surface area (Å²) in [6.45, 7) is 1.80. The van der Waals surface area contributed by atoms with Crippen LogP contribution in [-0.2, 0) is 12.8 Å². The molecule has 0 aromatic heterocycles. The van der Waals surface area contributed by atoms with E-state index in [0.717, 1.165) is 17.5 Å². The Kier molecular flexibility index (Phi) is 7.48. The molecule has 0 bridgehead atoms. The van der Waals surface area contributed by atoms with Crippen molar-refractivity contribution in [3.63, 3.8) is 0 Å². The maximum Gasteiger partial charge on any atom is 0.124 e. The molecule has 0 radical (unpaired) electrons. The molecule has 0 unspecified atom stereocenters. The van der Waals surface area contributed by atoms with Crippen LogP contribution in [0.2, 0.25) is 5.02 Å². The zero-order valence-corrected chi connectivity index (χ0v) is 18.0. The Hall–Kier alpha value is -1.28. The van der Waals surface area contributed by atoms with Crippen LogP contribution < -0.4 is 4.74 Å². The van der Waals surface area contributed by atoms with Crippen molar-refractivity contribution in [3.8, 4) is 5.75 Å². The predicted molar refractivity (Wildman–Crippen MR) is 116 cm³/mol. The fraction of sp³-hybridized carbons (Fsp3) is 0.455. The number of aryl methyl sites for hydroxylation is 1. The van der Waals surface area contributed by atoms with Crippen LogP contribution >= 0.6 is 23.4 Å². The van der Waals surface area contributed by atoms with Gasteiger partial charge in [0.1, 0.15) is 11.9 Å². The van der Waals surface area contributed by atoms with Crippen molar-refractivity contribution in [1.82, 2.24) is 0 Å². The van der Waals surface area contributed by atoms with Gasteiger partial charge in [0.2, 0.25) is 0 Å². The number of methoxy groups -OCH3 is 1. The quantitative estimate of drug-likeness (QED) is 0.554. The van der Waals surface area contributed by atoms with E-state index in [-0.39, 0.29) is 6.61 Å². The fourth-order valence-corrected chi connectivity index (χ4v) is 5.28. The summed E-state index contributed by atoms with van der Waals surface area (Å²) in [5.74, 6) is 0.497. The summed E-state index contributed by atoms with van der Waals surface area (Å²) in [5.41, 5.74) is 3.93. The van der Waals surface area contributed by atoms with E-state index in [2.05, 4.69) is 31.2 Å². The van der Waals surface area contributed by atoms with Crippen LogP contribution in [0.25, 0.3) is 0 Å². The van der Waals surface area contributed by atoms with Gasteiger partial charge in [0.25, 0.3) is 0 Å². The largest absolute Gasteiger partial charge is 0.496 e. The van der Waals surface area contributed by atoms with Gasteiger partial charge in [0, 0.05) is 10.6 Å². The average molecular weight is 439 g/mol. The Morgan fingerprint density at radius 1 is 1.00 bits per heavy atom. The summed E-state index contributed by atoms with van der Waals surface area (Å²) in [6, 6.07) is 11.9. The summed E-state index contributed by atoms with van der Waals surface area (Å²) in [4.78, 5) is 0. The van der Waals surface area contributed by atoms with Gasteiger partial charge in [-0.25, -0.2) is 0 Å². The smallest absolute Gasteiger partial charge is 0.124 e. The molecule has 1 saturated heterocycles. The van der Waals surface area contributed by atoms with Gasteiger partial charge < -0.3 is 25.2 Å². The molecule has 158 valence electrons. The van der Waals surface area contributed by atoms with E-state index >= 15 is 0 Å². The van der Waals surface area contributed by atoms with Crippen molar-refractivity contribution in [1.29, 1.82) is 0 Å². The van der Waals surface area contributed by atoms with Gasteiger partial charge in [-0.2, -0.15) is 0 Å². The minimum absolute atomic E-state index is 0.307. The SMILES string of the molecule is CCc1ccc(Cc2cc([C@@H]3S[C@H](CO)[C@@H](O)[C@H](O)[C@H]3O)c(OC)cc2Cl)cc1. The average Bonchev–Trinajstić information content (AvgIpc) is 2.74. The van der Waals surface area contributed by atoms with Crippen LogP contribution in [0.5, 0.6) is 5.75 Å². The second-order valence-electron chi connectivity index (χ2n) is 7.28. The molecule has 3 rings (SSSR count). The third-order valence-corrected chi connectivity index (χ3v) is 7.38. The highest BCUT2D eigenvalue weighted by Gasteiger charge is 2.44. The van der Waals surface area contributed by atoms with Crippen molar-refractivity contribution < 1.29 is 25.2 Å². The van der Waals surface area contributed by atoms with Crippen LogP contribution in [0.15, 0.2) is 36.4 Å². The normalized spacial score (nSPS) is 27.1. The number of aliphatic hydroxyl groups excluding tert-OH is 4. The van der Waals surface area contributed by atoms with E-state index in [1.54, 1.807) is 6.07 Å². The zero-order valence-electron chi connectivity index (χ0n) is 16.5. The molecule has 5 nitrogen and oxygen atoms in total. The molecule has 1 heterocycles.